The highest BCUT2D eigenvalue weighted by molar-refractivity contribution is 5.77. The van der Waals surface area contributed by atoms with Crippen molar-refractivity contribution in [1.82, 2.24) is 9.55 Å². The Morgan fingerprint density at radius 3 is 2.50 bits per heavy atom. The van der Waals surface area contributed by atoms with Gasteiger partial charge in [-0.3, -0.25) is 0 Å². The molecule has 0 spiro atoms. The molecule has 2 nitrogen and oxygen atoms in total. The molecule has 3 aromatic rings. The molecule has 0 bridgehead atoms. The summed E-state index contributed by atoms with van der Waals surface area (Å²) < 4.78 is 2.21. The van der Waals surface area contributed by atoms with Gasteiger partial charge < -0.3 is 4.57 Å². The maximum absolute atomic E-state index is 4.48. The Morgan fingerprint density at radius 1 is 1.00 bits per heavy atom. The predicted octanol–water partition coefficient (Wildman–Crippen LogP) is 3.70. The van der Waals surface area contributed by atoms with E-state index in [9.17, 15) is 0 Å². The molecular formula is C16H16N2. The molecular weight excluding hydrogens is 220 g/mol. The Balaban J connectivity index is 2.05. The summed E-state index contributed by atoms with van der Waals surface area (Å²) in [5.74, 6) is 0. The van der Waals surface area contributed by atoms with E-state index in [0.717, 1.165) is 12.1 Å². The topological polar surface area (TPSA) is 17.8 Å². The summed E-state index contributed by atoms with van der Waals surface area (Å²) >= 11 is 0. The van der Waals surface area contributed by atoms with Crippen LogP contribution in [-0.2, 0) is 6.54 Å². The van der Waals surface area contributed by atoms with Crippen LogP contribution in [0.3, 0.4) is 0 Å². The molecule has 0 amide bonds. The Kier molecular flexibility index (Phi) is 2.63. The molecule has 0 unspecified atom stereocenters. The van der Waals surface area contributed by atoms with Gasteiger partial charge in [0.15, 0.2) is 0 Å². The van der Waals surface area contributed by atoms with E-state index in [0.29, 0.717) is 0 Å². The molecule has 2 heteroatoms. The first-order valence-corrected chi connectivity index (χ1v) is 6.20. The van der Waals surface area contributed by atoms with Crippen LogP contribution in [-0.4, -0.2) is 9.55 Å². The smallest absolute Gasteiger partial charge is 0.0961 e. The quantitative estimate of drug-likeness (QED) is 0.663. The summed E-state index contributed by atoms with van der Waals surface area (Å²) in [6, 6.07) is 14.9. The third kappa shape index (κ3) is 1.90. The molecule has 3 rings (SSSR count). The minimum Gasteiger partial charge on any atom is -0.326 e. The molecule has 0 fully saturated rings. The summed E-state index contributed by atoms with van der Waals surface area (Å²) in [4.78, 5) is 4.48. The normalized spacial score (nSPS) is 11.0. The number of aromatic nitrogens is 2. The molecule has 1 heterocycles. The fourth-order valence-corrected chi connectivity index (χ4v) is 2.22. The van der Waals surface area contributed by atoms with Gasteiger partial charge in [0.25, 0.3) is 0 Å². The van der Waals surface area contributed by atoms with Gasteiger partial charge in [0.2, 0.25) is 0 Å². The van der Waals surface area contributed by atoms with E-state index in [4.69, 9.17) is 0 Å². The van der Waals surface area contributed by atoms with Gasteiger partial charge in [0.1, 0.15) is 0 Å². The van der Waals surface area contributed by atoms with Crippen molar-refractivity contribution in [2.24, 2.45) is 0 Å². The zero-order chi connectivity index (χ0) is 12.5. The monoisotopic (exact) mass is 236 g/mol. The van der Waals surface area contributed by atoms with E-state index in [-0.39, 0.29) is 0 Å². The van der Waals surface area contributed by atoms with E-state index in [2.05, 4.69) is 59.8 Å². The molecule has 0 aliphatic carbocycles. The number of imidazole rings is 1. The van der Waals surface area contributed by atoms with Gasteiger partial charge >= 0.3 is 0 Å². The Morgan fingerprint density at radius 2 is 1.72 bits per heavy atom. The number of nitrogens with zero attached hydrogens (tertiary/aromatic N) is 2. The van der Waals surface area contributed by atoms with Crippen molar-refractivity contribution in [3.63, 3.8) is 0 Å². The summed E-state index contributed by atoms with van der Waals surface area (Å²) in [7, 11) is 0. The van der Waals surface area contributed by atoms with Crippen molar-refractivity contribution in [2.45, 2.75) is 20.4 Å². The van der Waals surface area contributed by atoms with Crippen LogP contribution in [0.5, 0.6) is 0 Å². The fourth-order valence-electron chi connectivity index (χ4n) is 2.22. The molecule has 90 valence electrons. The summed E-state index contributed by atoms with van der Waals surface area (Å²) in [6.45, 7) is 5.15. The number of hydrogen-bond acceptors (Lipinski definition) is 1. The predicted molar refractivity (Wildman–Crippen MR) is 74.8 cm³/mol. The van der Waals surface area contributed by atoms with Gasteiger partial charge in [-0.25, -0.2) is 4.98 Å². The van der Waals surface area contributed by atoms with Crippen LogP contribution in [0.2, 0.25) is 0 Å². The highest BCUT2D eigenvalue weighted by Crippen LogP contribution is 2.19. The third-order valence-electron chi connectivity index (χ3n) is 3.43. The average Bonchev–Trinajstić information content (AvgIpc) is 2.74. The second-order valence-electron chi connectivity index (χ2n) is 4.78. The van der Waals surface area contributed by atoms with E-state index in [1.54, 1.807) is 0 Å². The first-order chi connectivity index (χ1) is 8.74. The number of aryl methyl sites for hydroxylation is 2. The van der Waals surface area contributed by atoms with E-state index >= 15 is 0 Å². The molecule has 18 heavy (non-hydrogen) atoms. The Bertz CT molecular complexity index is 681. The largest absolute Gasteiger partial charge is 0.326 e. The van der Waals surface area contributed by atoms with Crippen LogP contribution in [0.15, 0.2) is 48.8 Å². The minimum absolute atomic E-state index is 0.875. The van der Waals surface area contributed by atoms with Crippen LogP contribution in [0, 0.1) is 13.8 Å². The Hall–Kier alpha value is -2.09. The Labute approximate surface area is 107 Å². The molecule has 0 atom stereocenters. The third-order valence-corrected chi connectivity index (χ3v) is 3.43. The van der Waals surface area contributed by atoms with Crippen LogP contribution in [0.1, 0.15) is 16.7 Å². The van der Waals surface area contributed by atoms with E-state index in [1.807, 2.05) is 12.4 Å². The van der Waals surface area contributed by atoms with Crippen molar-refractivity contribution in [1.29, 1.82) is 0 Å². The SMILES string of the molecule is Cc1cc2ncn(Cc3ccccc3)c2cc1C. The van der Waals surface area contributed by atoms with E-state index in [1.165, 1.54) is 22.2 Å². The number of hydrogen-bond donors (Lipinski definition) is 0. The van der Waals surface area contributed by atoms with Crippen LogP contribution < -0.4 is 0 Å². The van der Waals surface area contributed by atoms with Crippen LogP contribution in [0.25, 0.3) is 11.0 Å². The van der Waals surface area contributed by atoms with Gasteiger partial charge in [-0.2, -0.15) is 0 Å². The van der Waals surface area contributed by atoms with Gasteiger partial charge in [-0.1, -0.05) is 30.3 Å². The van der Waals surface area contributed by atoms with Crippen LogP contribution >= 0.6 is 0 Å². The van der Waals surface area contributed by atoms with Gasteiger partial charge in [-0.05, 0) is 42.7 Å². The lowest BCUT2D eigenvalue weighted by molar-refractivity contribution is 0.824. The summed E-state index contributed by atoms with van der Waals surface area (Å²) in [5.41, 5.74) is 6.20. The van der Waals surface area contributed by atoms with Gasteiger partial charge in [0.05, 0.1) is 17.4 Å². The number of benzene rings is 2. The van der Waals surface area contributed by atoms with Gasteiger partial charge in [0, 0.05) is 6.54 Å². The van der Waals surface area contributed by atoms with Crippen molar-refractivity contribution in [3.05, 3.63) is 65.5 Å². The fraction of sp³-hybridized carbons (Fsp3) is 0.188. The van der Waals surface area contributed by atoms with Crippen LogP contribution in [0.4, 0.5) is 0 Å². The average molecular weight is 236 g/mol. The minimum atomic E-state index is 0.875. The standard InChI is InChI=1S/C16H16N2/c1-12-8-15-16(9-13(12)2)18(11-17-15)10-14-6-4-3-5-7-14/h3-9,11H,10H2,1-2H3. The first-order valence-electron chi connectivity index (χ1n) is 6.20. The van der Waals surface area contributed by atoms with Crippen molar-refractivity contribution >= 4 is 11.0 Å². The van der Waals surface area contributed by atoms with E-state index < -0.39 is 0 Å². The van der Waals surface area contributed by atoms with Crippen molar-refractivity contribution in [2.75, 3.05) is 0 Å². The first kappa shape index (κ1) is 11.0. The zero-order valence-corrected chi connectivity index (χ0v) is 10.7. The zero-order valence-electron chi connectivity index (χ0n) is 10.7. The molecule has 1 aromatic heterocycles. The molecule has 0 aliphatic rings. The maximum Gasteiger partial charge on any atom is 0.0961 e. The number of fused-ring (bicyclic) bond motifs is 1. The molecule has 0 N–H and O–H groups in total. The molecule has 0 aliphatic heterocycles. The van der Waals surface area contributed by atoms with Crippen molar-refractivity contribution < 1.29 is 0 Å². The molecule has 0 radical (unpaired) electrons. The summed E-state index contributed by atoms with van der Waals surface area (Å²) in [5, 5.41) is 0. The van der Waals surface area contributed by atoms with Gasteiger partial charge in [-0.15, -0.1) is 0 Å². The lowest BCUT2D eigenvalue weighted by Crippen LogP contribution is -1.97. The number of rotatable bonds is 2. The lowest BCUT2D eigenvalue weighted by atomic mass is 10.1. The molecule has 0 saturated heterocycles. The second-order valence-corrected chi connectivity index (χ2v) is 4.78. The molecule has 0 saturated carbocycles. The highest BCUT2D eigenvalue weighted by Gasteiger charge is 2.05. The maximum atomic E-state index is 4.48. The molecule has 2 aromatic carbocycles. The lowest BCUT2D eigenvalue weighted by Gasteiger charge is -2.06. The summed E-state index contributed by atoms with van der Waals surface area (Å²) in [6.07, 6.45) is 1.93. The van der Waals surface area contributed by atoms with Crippen molar-refractivity contribution in [3.8, 4) is 0 Å². The second kappa shape index (κ2) is 4.30. The highest BCUT2D eigenvalue weighted by atomic mass is 15.0.